The van der Waals surface area contributed by atoms with Crippen LogP contribution in [0.5, 0.6) is 0 Å². The average molecular weight is 234 g/mol. The lowest BCUT2D eigenvalue weighted by Crippen LogP contribution is -2.50. The molecule has 5 aliphatic rings. The lowest BCUT2D eigenvalue weighted by atomic mass is 9.50. The summed E-state index contributed by atoms with van der Waals surface area (Å²) in [5, 5.41) is 11.0. The van der Waals surface area contributed by atoms with Crippen LogP contribution in [0.15, 0.2) is 0 Å². The molecule has 2 unspecified atom stereocenters. The molecule has 1 N–H and O–H groups in total. The van der Waals surface area contributed by atoms with Crippen molar-refractivity contribution in [2.24, 2.45) is 35.5 Å². The van der Waals surface area contributed by atoms with Crippen LogP contribution >= 0.6 is 0 Å². The van der Waals surface area contributed by atoms with Crippen molar-refractivity contribution in [2.75, 3.05) is 0 Å². The summed E-state index contributed by atoms with van der Waals surface area (Å²) < 4.78 is 0. The Bertz CT molecular complexity index is 295. The summed E-state index contributed by atoms with van der Waals surface area (Å²) in [7, 11) is 0. The fraction of sp³-hybridized carbons (Fsp3) is 1.00. The molecular formula is C16H26O. The molecule has 5 rings (SSSR count). The van der Waals surface area contributed by atoms with Crippen LogP contribution in [0.1, 0.15) is 58.3 Å². The van der Waals surface area contributed by atoms with E-state index in [2.05, 4.69) is 6.92 Å². The molecule has 0 heterocycles. The molecule has 1 heteroatoms. The Labute approximate surface area is 105 Å². The van der Waals surface area contributed by atoms with Gasteiger partial charge in [-0.1, -0.05) is 13.3 Å². The van der Waals surface area contributed by atoms with E-state index in [-0.39, 0.29) is 5.60 Å². The van der Waals surface area contributed by atoms with Crippen LogP contribution in [0, 0.1) is 35.5 Å². The van der Waals surface area contributed by atoms with Crippen molar-refractivity contribution >= 4 is 0 Å². The summed E-state index contributed by atoms with van der Waals surface area (Å²) >= 11 is 0. The molecule has 0 spiro atoms. The van der Waals surface area contributed by atoms with Gasteiger partial charge in [0.05, 0.1) is 5.60 Å². The molecule has 4 bridgehead atoms. The van der Waals surface area contributed by atoms with Gasteiger partial charge in [-0.2, -0.15) is 0 Å². The smallest absolute Gasteiger partial charge is 0.0713 e. The Morgan fingerprint density at radius 1 is 1.00 bits per heavy atom. The highest BCUT2D eigenvalue weighted by Gasteiger charge is 2.64. The molecule has 0 aromatic carbocycles. The van der Waals surface area contributed by atoms with Gasteiger partial charge in [0.15, 0.2) is 0 Å². The van der Waals surface area contributed by atoms with E-state index in [0.29, 0.717) is 11.8 Å². The van der Waals surface area contributed by atoms with Crippen molar-refractivity contribution in [2.45, 2.75) is 63.9 Å². The first kappa shape index (κ1) is 10.8. The molecule has 0 saturated heterocycles. The standard InChI is InChI=1S/C16H26O/c1-2-3-14-9-16(14,17)15-12-5-10-4-11(7-12)8-13(15)6-10/h10-15,17H,2-9H2,1H3. The van der Waals surface area contributed by atoms with E-state index in [1.54, 1.807) is 0 Å². The van der Waals surface area contributed by atoms with Crippen LogP contribution in [0.2, 0.25) is 0 Å². The van der Waals surface area contributed by atoms with E-state index in [4.69, 9.17) is 0 Å². The van der Waals surface area contributed by atoms with Crippen molar-refractivity contribution < 1.29 is 5.11 Å². The Morgan fingerprint density at radius 3 is 2.12 bits per heavy atom. The second-order valence-electron chi connectivity index (χ2n) is 7.64. The summed E-state index contributed by atoms with van der Waals surface area (Å²) in [5.74, 6) is 5.25. The monoisotopic (exact) mass is 234 g/mol. The van der Waals surface area contributed by atoms with Gasteiger partial charge < -0.3 is 5.11 Å². The molecule has 0 aliphatic heterocycles. The van der Waals surface area contributed by atoms with Crippen molar-refractivity contribution in [3.05, 3.63) is 0 Å². The molecule has 2 atom stereocenters. The van der Waals surface area contributed by atoms with Crippen LogP contribution in [-0.4, -0.2) is 10.7 Å². The van der Waals surface area contributed by atoms with Crippen molar-refractivity contribution in [3.63, 3.8) is 0 Å². The highest BCUT2D eigenvalue weighted by atomic mass is 16.3. The minimum absolute atomic E-state index is 0.210. The van der Waals surface area contributed by atoms with Gasteiger partial charge >= 0.3 is 0 Å². The van der Waals surface area contributed by atoms with Crippen LogP contribution < -0.4 is 0 Å². The molecule has 0 amide bonds. The Balaban J connectivity index is 1.55. The zero-order chi connectivity index (χ0) is 11.6. The summed E-state index contributed by atoms with van der Waals surface area (Å²) in [6, 6.07) is 0. The molecule has 5 saturated carbocycles. The van der Waals surface area contributed by atoms with E-state index in [1.807, 2.05) is 0 Å². The van der Waals surface area contributed by atoms with Crippen LogP contribution in [0.3, 0.4) is 0 Å². The fourth-order valence-corrected chi connectivity index (χ4v) is 6.19. The minimum Gasteiger partial charge on any atom is -0.389 e. The van der Waals surface area contributed by atoms with Crippen molar-refractivity contribution in [1.29, 1.82) is 0 Å². The SMILES string of the molecule is CCCC1CC1(O)C1C2CC3CC(C2)CC1C3. The van der Waals surface area contributed by atoms with Gasteiger partial charge in [0.1, 0.15) is 0 Å². The predicted octanol–water partition coefficient (Wildman–Crippen LogP) is 3.61. The highest BCUT2D eigenvalue weighted by molar-refractivity contribution is 5.14. The van der Waals surface area contributed by atoms with Crippen molar-refractivity contribution in [1.82, 2.24) is 0 Å². The Morgan fingerprint density at radius 2 is 1.59 bits per heavy atom. The average Bonchev–Trinajstić information content (AvgIpc) is 2.88. The van der Waals surface area contributed by atoms with E-state index in [1.165, 1.54) is 44.9 Å². The summed E-state index contributed by atoms with van der Waals surface area (Å²) in [5.41, 5.74) is -0.210. The Kier molecular flexibility index (Phi) is 2.23. The summed E-state index contributed by atoms with van der Waals surface area (Å²) in [4.78, 5) is 0. The van der Waals surface area contributed by atoms with Gasteiger partial charge in [-0.3, -0.25) is 0 Å². The minimum atomic E-state index is -0.210. The van der Waals surface area contributed by atoms with Crippen molar-refractivity contribution in [3.8, 4) is 0 Å². The van der Waals surface area contributed by atoms with Crippen LogP contribution in [0.25, 0.3) is 0 Å². The maximum atomic E-state index is 11.0. The summed E-state index contributed by atoms with van der Waals surface area (Å²) in [6.45, 7) is 2.26. The molecular weight excluding hydrogens is 208 g/mol. The highest BCUT2D eigenvalue weighted by Crippen LogP contribution is 2.65. The second kappa shape index (κ2) is 3.50. The lowest BCUT2D eigenvalue weighted by molar-refractivity contribution is -0.106. The first-order chi connectivity index (χ1) is 8.20. The topological polar surface area (TPSA) is 20.2 Å². The zero-order valence-corrected chi connectivity index (χ0v) is 11.1. The Hall–Kier alpha value is -0.0400. The number of rotatable bonds is 3. The van der Waals surface area contributed by atoms with E-state index in [9.17, 15) is 5.11 Å². The van der Waals surface area contributed by atoms with Gasteiger partial charge in [0.25, 0.3) is 0 Å². The maximum absolute atomic E-state index is 11.0. The third kappa shape index (κ3) is 1.47. The largest absolute Gasteiger partial charge is 0.389 e. The molecule has 96 valence electrons. The lowest BCUT2D eigenvalue weighted by Gasteiger charge is -2.56. The van der Waals surface area contributed by atoms with E-state index >= 15 is 0 Å². The van der Waals surface area contributed by atoms with Crippen LogP contribution in [-0.2, 0) is 0 Å². The maximum Gasteiger partial charge on any atom is 0.0713 e. The quantitative estimate of drug-likeness (QED) is 0.791. The zero-order valence-electron chi connectivity index (χ0n) is 11.1. The summed E-state index contributed by atoms with van der Waals surface area (Å²) in [6.07, 6.45) is 11.0. The fourth-order valence-electron chi connectivity index (χ4n) is 6.19. The van der Waals surface area contributed by atoms with Gasteiger partial charge in [0.2, 0.25) is 0 Å². The van der Waals surface area contributed by atoms with E-state index < -0.39 is 0 Å². The molecule has 0 aromatic rings. The first-order valence-electron chi connectivity index (χ1n) is 7.93. The first-order valence-corrected chi connectivity index (χ1v) is 7.93. The van der Waals surface area contributed by atoms with Crippen LogP contribution in [0.4, 0.5) is 0 Å². The number of hydrogen-bond donors (Lipinski definition) is 1. The molecule has 5 aliphatic carbocycles. The molecule has 17 heavy (non-hydrogen) atoms. The molecule has 0 radical (unpaired) electrons. The van der Waals surface area contributed by atoms with Gasteiger partial charge in [-0.05, 0) is 80.5 Å². The van der Waals surface area contributed by atoms with Gasteiger partial charge in [-0.25, -0.2) is 0 Å². The second-order valence-corrected chi connectivity index (χ2v) is 7.64. The van der Waals surface area contributed by atoms with Gasteiger partial charge in [-0.15, -0.1) is 0 Å². The van der Waals surface area contributed by atoms with Gasteiger partial charge in [0, 0.05) is 0 Å². The number of hydrogen-bond acceptors (Lipinski definition) is 1. The van der Waals surface area contributed by atoms with E-state index in [0.717, 1.165) is 30.1 Å². The number of aliphatic hydroxyl groups is 1. The molecule has 1 nitrogen and oxygen atoms in total. The predicted molar refractivity (Wildman–Crippen MR) is 68.5 cm³/mol. The normalized spacial score (nSPS) is 59.6. The molecule has 0 aromatic heterocycles. The third-order valence-electron chi connectivity index (χ3n) is 6.56. The third-order valence-corrected chi connectivity index (χ3v) is 6.56. The molecule has 5 fully saturated rings.